The summed E-state index contributed by atoms with van der Waals surface area (Å²) in [6, 6.07) is 6.06. The van der Waals surface area contributed by atoms with Gasteiger partial charge >= 0.3 is 5.97 Å². The number of halogens is 1. The van der Waals surface area contributed by atoms with Gasteiger partial charge in [-0.05, 0) is 37.1 Å². The second-order valence-corrected chi connectivity index (χ2v) is 5.99. The number of thioether (sulfide) groups is 1. The summed E-state index contributed by atoms with van der Waals surface area (Å²) >= 11 is 1.37. The molecule has 6 heteroatoms. The van der Waals surface area contributed by atoms with Crippen LogP contribution < -0.4 is 0 Å². The van der Waals surface area contributed by atoms with E-state index in [0.29, 0.717) is 18.8 Å². The van der Waals surface area contributed by atoms with Crippen molar-refractivity contribution in [2.45, 2.75) is 17.7 Å². The van der Waals surface area contributed by atoms with Crippen molar-refractivity contribution in [2.24, 2.45) is 5.92 Å². The average Bonchev–Trinajstić information content (AvgIpc) is 2.53. The molecular weight excluding hydrogens is 293 g/mol. The quantitative estimate of drug-likeness (QED) is 0.632. The normalized spacial score (nSPS) is 18.4. The maximum absolute atomic E-state index is 12.8. The lowest BCUT2D eigenvalue weighted by molar-refractivity contribution is -0.148. The number of methoxy groups -OCH3 is 1. The van der Waals surface area contributed by atoms with Gasteiger partial charge in [0.2, 0.25) is 5.91 Å². The molecule has 1 heterocycles. The smallest absolute Gasteiger partial charge is 0.310 e. The number of esters is 1. The largest absolute Gasteiger partial charge is 0.469 e. The van der Waals surface area contributed by atoms with Crippen molar-refractivity contribution in [1.29, 1.82) is 0 Å². The van der Waals surface area contributed by atoms with E-state index in [-0.39, 0.29) is 23.6 Å². The van der Waals surface area contributed by atoms with E-state index in [9.17, 15) is 14.0 Å². The minimum Gasteiger partial charge on any atom is -0.469 e. The summed E-state index contributed by atoms with van der Waals surface area (Å²) in [6.07, 6.45) is 1.58. The van der Waals surface area contributed by atoms with Crippen molar-refractivity contribution in [3.05, 3.63) is 30.1 Å². The summed E-state index contributed by atoms with van der Waals surface area (Å²) in [6.45, 7) is 1.10. The van der Waals surface area contributed by atoms with Crippen molar-refractivity contribution in [3.63, 3.8) is 0 Å². The Morgan fingerprint density at radius 3 is 2.76 bits per heavy atom. The molecule has 0 spiro atoms. The van der Waals surface area contributed by atoms with Crippen molar-refractivity contribution in [3.8, 4) is 0 Å². The fourth-order valence-electron chi connectivity index (χ4n) is 2.33. The van der Waals surface area contributed by atoms with Crippen LogP contribution in [0, 0.1) is 11.7 Å². The first-order chi connectivity index (χ1) is 10.1. The predicted molar refractivity (Wildman–Crippen MR) is 78.4 cm³/mol. The zero-order valence-electron chi connectivity index (χ0n) is 11.9. The van der Waals surface area contributed by atoms with Gasteiger partial charge in [-0.15, -0.1) is 11.8 Å². The number of carbonyl (C=O) groups is 2. The molecule has 0 saturated carbocycles. The zero-order valence-corrected chi connectivity index (χ0v) is 12.7. The average molecular weight is 311 g/mol. The molecule has 21 heavy (non-hydrogen) atoms. The van der Waals surface area contributed by atoms with Crippen molar-refractivity contribution < 1.29 is 18.7 Å². The van der Waals surface area contributed by atoms with Crippen molar-refractivity contribution in [1.82, 2.24) is 4.90 Å². The highest BCUT2D eigenvalue weighted by atomic mass is 32.2. The van der Waals surface area contributed by atoms with Gasteiger partial charge < -0.3 is 9.64 Å². The Morgan fingerprint density at radius 2 is 2.10 bits per heavy atom. The topological polar surface area (TPSA) is 46.6 Å². The van der Waals surface area contributed by atoms with Crippen LogP contribution in [0.1, 0.15) is 12.8 Å². The standard InChI is InChI=1S/C15H18FNO3S/c1-20-15(19)11-3-2-8-17(9-11)14(18)10-21-13-6-4-12(16)5-7-13/h4-7,11H,2-3,8-10H2,1H3/t11-/m0/s1. The lowest BCUT2D eigenvalue weighted by Gasteiger charge is -2.31. The Labute approximate surface area is 127 Å². The Bertz CT molecular complexity index is 506. The zero-order chi connectivity index (χ0) is 15.2. The summed E-state index contributed by atoms with van der Waals surface area (Å²) < 4.78 is 17.5. The van der Waals surface area contributed by atoms with Gasteiger partial charge in [0.15, 0.2) is 0 Å². The number of likely N-dealkylation sites (tertiary alicyclic amines) is 1. The van der Waals surface area contributed by atoms with Gasteiger partial charge in [0, 0.05) is 18.0 Å². The minimum absolute atomic E-state index is 0.00192. The Balaban J connectivity index is 1.85. The van der Waals surface area contributed by atoms with Gasteiger partial charge in [-0.1, -0.05) is 0 Å². The van der Waals surface area contributed by atoms with Crippen LogP contribution in [0.3, 0.4) is 0 Å². The van der Waals surface area contributed by atoms with E-state index in [2.05, 4.69) is 0 Å². The van der Waals surface area contributed by atoms with Crippen LogP contribution in [0.2, 0.25) is 0 Å². The predicted octanol–water partition coefficient (Wildman–Crippen LogP) is 2.33. The molecule has 1 aliphatic heterocycles. The third kappa shape index (κ3) is 4.46. The van der Waals surface area contributed by atoms with E-state index >= 15 is 0 Å². The van der Waals surface area contributed by atoms with E-state index in [0.717, 1.165) is 17.7 Å². The van der Waals surface area contributed by atoms with Gasteiger partial charge in [-0.3, -0.25) is 9.59 Å². The Morgan fingerprint density at radius 1 is 1.38 bits per heavy atom. The SMILES string of the molecule is COC(=O)[C@H]1CCCN(C(=O)CSc2ccc(F)cc2)C1. The van der Waals surface area contributed by atoms with E-state index < -0.39 is 0 Å². The molecule has 1 atom stereocenters. The molecule has 0 N–H and O–H groups in total. The highest BCUT2D eigenvalue weighted by Gasteiger charge is 2.28. The van der Waals surface area contributed by atoms with E-state index in [1.807, 2.05) is 0 Å². The van der Waals surface area contributed by atoms with Crippen LogP contribution >= 0.6 is 11.8 Å². The van der Waals surface area contributed by atoms with Gasteiger partial charge in [0.1, 0.15) is 5.82 Å². The molecule has 0 aliphatic carbocycles. The second kappa shape index (κ2) is 7.45. The number of carbonyl (C=O) groups excluding carboxylic acids is 2. The number of amides is 1. The maximum Gasteiger partial charge on any atom is 0.310 e. The molecule has 1 aliphatic rings. The first-order valence-corrected chi connectivity index (χ1v) is 7.82. The number of rotatable bonds is 4. The van der Waals surface area contributed by atoms with Crippen molar-refractivity contribution in [2.75, 3.05) is 26.0 Å². The van der Waals surface area contributed by atoms with Crippen molar-refractivity contribution >= 4 is 23.6 Å². The molecule has 4 nitrogen and oxygen atoms in total. The second-order valence-electron chi connectivity index (χ2n) is 4.94. The summed E-state index contributed by atoms with van der Waals surface area (Å²) in [7, 11) is 1.37. The fraction of sp³-hybridized carbons (Fsp3) is 0.467. The van der Waals surface area contributed by atoms with Gasteiger partial charge in [-0.2, -0.15) is 0 Å². The Hall–Kier alpha value is -1.56. The number of piperidine rings is 1. The molecule has 0 bridgehead atoms. The highest BCUT2D eigenvalue weighted by molar-refractivity contribution is 8.00. The summed E-state index contributed by atoms with van der Waals surface area (Å²) in [5.74, 6) is -0.470. The monoisotopic (exact) mass is 311 g/mol. The number of hydrogen-bond acceptors (Lipinski definition) is 4. The number of hydrogen-bond donors (Lipinski definition) is 0. The molecule has 2 rings (SSSR count). The molecule has 0 radical (unpaired) electrons. The number of nitrogens with zero attached hydrogens (tertiary/aromatic N) is 1. The lowest BCUT2D eigenvalue weighted by atomic mass is 9.98. The van der Waals surface area contributed by atoms with Crippen LogP contribution in [0.15, 0.2) is 29.2 Å². The van der Waals surface area contributed by atoms with E-state index in [1.165, 1.54) is 31.0 Å². The summed E-state index contributed by atoms with van der Waals surface area (Å²) in [4.78, 5) is 26.3. The van der Waals surface area contributed by atoms with Gasteiger partial charge in [0.25, 0.3) is 0 Å². The fourth-order valence-corrected chi connectivity index (χ4v) is 3.13. The molecule has 1 fully saturated rings. The number of ether oxygens (including phenoxy) is 1. The summed E-state index contributed by atoms with van der Waals surface area (Å²) in [5.41, 5.74) is 0. The van der Waals surface area contributed by atoms with Gasteiger partial charge in [-0.25, -0.2) is 4.39 Å². The van der Waals surface area contributed by atoms with Crippen LogP contribution in [0.25, 0.3) is 0 Å². The van der Waals surface area contributed by atoms with Crippen LogP contribution in [0.4, 0.5) is 4.39 Å². The summed E-state index contributed by atoms with van der Waals surface area (Å²) in [5, 5.41) is 0. The highest BCUT2D eigenvalue weighted by Crippen LogP contribution is 2.22. The molecule has 1 aromatic carbocycles. The van der Waals surface area contributed by atoms with E-state index in [1.54, 1.807) is 17.0 Å². The molecule has 114 valence electrons. The molecule has 1 saturated heterocycles. The minimum atomic E-state index is -0.289. The van der Waals surface area contributed by atoms with E-state index in [4.69, 9.17) is 4.74 Å². The molecule has 0 unspecified atom stereocenters. The third-order valence-corrected chi connectivity index (χ3v) is 4.48. The maximum atomic E-state index is 12.8. The Kier molecular flexibility index (Phi) is 5.61. The first-order valence-electron chi connectivity index (χ1n) is 6.84. The van der Waals surface area contributed by atoms with Gasteiger partial charge in [0.05, 0.1) is 18.8 Å². The molecule has 1 amide bonds. The first kappa shape index (κ1) is 15.8. The van der Waals surface area contributed by atoms with Crippen LogP contribution in [-0.4, -0.2) is 42.7 Å². The molecule has 1 aromatic rings. The molecule has 0 aromatic heterocycles. The number of benzene rings is 1. The van der Waals surface area contributed by atoms with Crippen LogP contribution in [-0.2, 0) is 14.3 Å². The molecular formula is C15H18FNO3S. The van der Waals surface area contributed by atoms with Crippen LogP contribution in [0.5, 0.6) is 0 Å². The lowest BCUT2D eigenvalue weighted by Crippen LogP contribution is -2.43. The third-order valence-electron chi connectivity index (χ3n) is 3.48.